The maximum atomic E-state index is 14.5. The fourth-order valence-electron chi connectivity index (χ4n) is 5.37. The van der Waals surface area contributed by atoms with Gasteiger partial charge in [0, 0.05) is 21.4 Å². The van der Waals surface area contributed by atoms with Gasteiger partial charge in [0.1, 0.15) is 10.5 Å². The molecule has 0 saturated carbocycles. The van der Waals surface area contributed by atoms with Crippen molar-refractivity contribution in [3.05, 3.63) is 148 Å². The minimum atomic E-state index is -0.313. The van der Waals surface area contributed by atoms with Crippen LogP contribution in [-0.4, -0.2) is 23.9 Å². The Kier molecular flexibility index (Phi) is 5.80. The summed E-state index contributed by atoms with van der Waals surface area (Å²) in [6.45, 7) is 0. The summed E-state index contributed by atoms with van der Waals surface area (Å²) >= 11 is 1.42. The Morgan fingerprint density at radius 2 is 1.09 bits per heavy atom. The number of hydrogen-bond donors (Lipinski definition) is 0. The van der Waals surface area contributed by atoms with Crippen LogP contribution >= 0.6 is 11.3 Å². The maximum Gasteiger partial charge on any atom is 0.269 e. The molecule has 8 aromatic rings. The Bertz CT molecular complexity index is 2380. The van der Waals surface area contributed by atoms with E-state index in [0.717, 1.165) is 27.0 Å². The van der Waals surface area contributed by atoms with Gasteiger partial charge >= 0.3 is 0 Å². The maximum absolute atomic E-state index is 14.5. The SMILES string of the molecule is O=c1c2cc(-c3ccccc3)sc2n2c(=O)c3ccccc3cc2n1-c1nc(-c2ccccc2)nc(-c2ccccc2)n1. The van der Waals surface area contributed by atoms with Gasteiger partial charge in [-0.05, 0) is 29.1 Å². The van der Waals surface area contributed by atoms with Crippen LogP contribution < -0.4 is 11.1 Å². The van der Waals surface area contributed by atoms with Gasteiger partial charge in [0.2, 0.25) is 5.95 Å². The second-order valence-corrected chi connectivity index (χ2v) is 11.1. The summed E-state index contributed by atoms with van der Waals surface area (Å²) < 4.78 is 3.06. The summed E-state index contributed by atoms with van der Waals surface area (Å²) in [5, 5.41) is 1.70. The van der Waals surface area contributed by atoms with Crippen LogP contribution in [0.4, 0.5) is 0 Å². The quantitative estimate of drug-likeness (QED) is 0.211. The topological polar surface area (TPSA) is 82.1 Å². The van der Waals surface area contributed by atoms with E-state index in [4.69, 9.17) is 15.0 Å². The molecule has 0 aliphatic rings. The number of benzene rings is 4. The van der Waals surface area contributed by atoms with Gasteiger partial charge in [0.05, 0.1) is 5.39 Å². The zero-order chi connectivity index (χ0) is 28.9. The van der Waals surface area contributed by atoms with Gasteiger partial charge in [-0.25, -0.2) is 9.55 Å². The van der Waals surface area contributed by atoms with Gasteiger partial charge in [-0.3, -0.25) is 14.0 Å². The molecular formula is C35H21N5O2S. The molecule has 0 aliphatic carbocycles. The third-order valence-corrected chi connectivity index (χ3v) is 8.60. The smallest absolute Gasteiger partial charge is 0.268 e. The van der Waals surface area contributed by atoms with E-state index in [2.05, 4.69) is 0 Å². The Hall–Kier alpha value is -5.73. The molecule has 0 radical (unpaired) electrons. The van der Waals surface area contributed by atoms with Crippen LogP contribution in [0, 0.1) is 0 Å². The first-order chi connectivity index (χ1) is 21.2. The van der Waals surface area contributed by atoms with Gasteiger partial charge in [0.15, 0.2) is 11.6 Å². The Balaban J connectivity index is 1.52. The molecule has 4 heterocycles. The van der Waals surface area contributed by atoms with Crippen molar-refractivity contribution >= 4 is 38.0 Å². The first-order valence-electron chi connectivity index (χ1n) is 13.7. The molecule has 0 N–H and O–H groups in total. The summed E-state index contributed by atoms with van der Waals surface area (Å²) in [6.07, 6.45) is 0. The molecule has 0 atom stereocenters. The lowest BCUT2D eigenvalue weighted by Crippen LogP contribution is -2.27. The molecule has 0 fully saturated rings. The average molecular weight is 576 g/mol. The Labute approximate surface area is 248 Å². The molecule has 8 heteroatoms. The van der Waals surface area contributed by atoms with E-state index >= 15 is 0 Å². The highest BCUT2D eigenvalue weighted by atomic mass is 32.1. The minimum absolute atomic E-state index is 0.138. The molecule has 4 aromatic carbocycles. The second kappa shape index (κ2) is 9.97. The zero-order valence-electron chi connectivity index (χ0n) is 22.6. The third-order valence-electron chi connectivity index (χ3n) is 7.43. The molecule has 4 aromatic heterocycles. The normalized spacial score (nSPS) is 11.4. The van der Waals surface area contributed by atoms with Crippen molar-refractivity contribution in [1.29, 1.82) is 0 Å². The highest BCUT2D eigenvalue weighted by Crippen LogP contribution is 2.33. The van der Waals surface area contributed by atoms with E-state index in [-0.39, 0.29) is 17.1 Å². The van der Waals surface area contributed by atoms with Crippen molar-refractivity contribution in [3.8, 4) is 39.2 Å². The lowest BCUT2D eigenvalue weighted by molar-refractivity contribution is 0.879. The highest BCUT2D eigenvalue weighted by molar-refractivity contribution is 7.21. The second-order valence-electron chi connectivity index (χ2n) is 10.1. The van der Waals surface area contributed by atoms with Crippen LogP contribution in [0.15, 0.2) is 137 Å². The minimum Gasteiger partial charge on any atom is -0.268 e. The zero-order valence-corrected chi connectivity index (χ0v) is 23.4. The number of pyridine rings is 1. The summed E-state index contributed by atoms with van der Waals surface area (Å²) in [5.74, 6) is 0.986. The molecule has 0 aliphatic heterocycles. The third kappa shape index (κ3) is 4.15. The number of thiophene rings is 1. The van der Waals surface area contributed by atoms with Gasteiger partial charge < -0.3 is 0 Å². The molecule has 0 bridgehead atoms. The van der Waals surface area contributed by atoms with Gasteiger partial charge in [-0.2, -0.15) is 9.97 Å². The van der Waals surface area contributed by atoms with Crippen LogP contribution in [0.3, 0.4) is 0 Å². The van der Waals surface area contributed by atoms with Crippen molar-refractivity contribution < 1.29 is 0 Å². The average Bonchev–Trinajstić information content (AvgIpc) is 3.52. The van der Waals surface area contributed by atoms with E-state index in [9.17, 15) is 9.59 Å². The first kappa shape index (κ1) is 25.0. The molecule has 0 unspecified atom stereocenters. The number of nitrogens with zero attached hydrogens (tertiary/aromatic N) is 5. The monoisotopic (exact) mass is 575 g/mol. The van der Waals surface area contributed by atoms with E-state index in [1.54, 1.807) is 10.5 Å². The highest BCUT2D eigenvalue weighted by Gasteiger charge is 2.21. The van der Waals surface area contributed by atoms with Crippen molar-refractivity contribution in [2.24, 2.45) is 0 Å². The summed E-state index contributed by atoms with van der Waals surface area (Å²) in [6, 6.07) is 40.1. The van der Waals surface area contributed by atoms with E-state index in [1.807, 2.05) is 121 Å². The number of aromatic nitrogens is 5. The van der Waals surface area contributed by atoms with E-state index in [0.29, 0.717) is 32.9 Å². The van der Waals surface area contributed by atoms with Crippen LogP contribution in [0.5, 0.6) is 0 Å². The molecular weight excluding hydrogens is 554 g/mol. The van der Waals surface area contributed by atoms with Crippen molar-refractivity contribution in [2.75, 3.05) is 0 Å². The number of hydrogen-bond acceptors (Lipinski definition) is 6. The van der Waals surface area contributed by atoms with Gasteiger partial charge in [-0.15, -0.1) is 11.3 Å². The largest absolute Gasteiger partial charge is 0.269 e. The van der Waals surface area contributed by atoms with E-state index in [1.165, 1.54) is 15.9 Å². The van der Waals surface area contributed by atoms with Crippen LogP contribution in [-0.2, 0) is 0 Å². The van der Waals surface area contributed by atoms with Crippen molar-refractivity contribution in [2.45, 2.75) is 0 Å². The molecule has 7 nitrogen and oxygen atoms in total. The summed E-state index contributed by atoms with van der Waals surface area (Å²) in [4.78, 5) is 44.5. The standard InChI is InChI=1S/C35H21N5O2S/c41-32-26-19-11-10-18-25(26)20-29-39(32)34-27(21-28(43-34)22-12-4-1-5-13-22)33(42)40(29)35-37-30(23-14-6-2-7-15-23)36-31(38-35)24-16-8-3-9-17-24/h1-21H. The van der Waals surface area contributed by atoms with Crippen molar-refractivity contribution in [3.63, 3.8) is 0 Å². The first-order valence-corrected chi connectivity index (χ1v) is 14.5. The van der Waals surface area contributed by atoms with Crippen LogP contribution in [0.25, 0.3) is 65.8 Å². The van der Waals surface area contributed by atoms with E-state index < -0.39 is 0 Å². The molecule has 204 valence electrons. The molecule has 43 heavy (non-hydrogen) atoms. The predicted molar refractivity (Wildman–Crippen MR) is 172 cm³/mol. The molecule has 0 saturated heterocycles. The fraction of sp³-hybridized carbons (Fsp3) is 0. The van der Waals surface area contributed by atoms with Gasteiger partial charge in [-0.1, -0.05) is 109 Å². The Morgan fingerprint density at radius 3 is 1.72 bits per heavy atom. The van der Waals surface area contributed by atoms with Crippen LogP contribution in [0.2, 0.25) is 0 Å². The lowest BCUT2D eigenvalue weighted by atomic mass is 10.1. The van der Waals surface area contributed by atoms with Crippen LogP contribution in [0.1, 0.15) is 0 Å². The molecule has 0 spiro atoms. The molecule has 0 amide bonds. The molecule has 8 rings (SSSR count). The number of fused-ring (bicyclic) bond motifs is 4. The van der Waals surface area contributed by atoms with Gasteiger partial charge in [0.25, 0.3) is 11.1 Å². The summed E-state index contributed by atoms with van der Waals surface area (Å²) in [5.41, 5.74) is 2.39. The van der Waals surface area contributed by atoms with Crippen molar-refractivity contribution in [1.82, 2.24) is 23.9 Å². The fourth-order valence-corrected chi connectivity index (χ4v) is 6.53. The summed E-state index contributed by atoms with van der Waals surface area (Å²) in [7, 11) is 0. The lowest BCUT2D eigenvalue weighted by Gasteiger charge is -2.14. The predicted octanol–water partition coefficient (Wildman–Crippen LogP) is 7.00. The Morgan fingerprint density at radius 1 is 0.535 bits per heavy atom. The number of rotatable bonds is 4.